The molecule has 5 amide bonds. The van der Waals surface area contributed by atoms with Crippen LogP contribution >= 0.6 is 11.6 Å². The molecule has 134 valence electrons. The number of benzene rings is 1. The lowest BCUT2D eigenvalue weighted by atomic mass is 10.2. The van der Waals surface area contributed by atoms with Crippen LogP contribution < -0.4 is 0 Å². The van der Waals surface area contributed by atoms with E-state index in [9.17, 15) is 19.2 Å². The van der Waals surface area contributed by atoms with Gasteiger partial charge in [0, 0.05) is 25.2 Å². The third kappa shape index (κ3) is 4.36. The second kappa shape index (κ2) is 7.65. The van der Waals surface area contributed by atoms with E-state index in [4.69, 9.17) is 11.6 Å². The van der Waals surface area contributed by atoms with Gasteiger partial charge in [-0.3, -0.25) is 19.3 Å². The normalized spacial score (nSPS) is 14.7. The molecule has 0 bridgehead atoms. The average molecular weight is 366 g/mol. The highest BCUT2D eigenvalue weighted by molar-refractivity contribution is 6.45. The van der Waals surface area contributed by atoms with Crippen molar-refractivity contribution in [2.75, 3.05) is 20.1 Å². The van der Waals surface area contributed by atoms with Gasteiger partial charge in [0.25, 0.3) is 0 Å². The van der Waals surface area contributed by atoms with Crippen molar-refractivity contribution < 1.29 is 19.2 Å². The summed E-state index contributed by atoms with van der Waals surface area (Å²) in [6.07, 6.45) is 0. The predicted octanol–water partition coefficient (Wildman–Crippen LogP) is 1.75. The molecule has 0 N–H and O–H groups in total. The molecule has 1 aromatic rings. The maximum absolute atomic E-state index is 12.3. The van der Waals surface area contributed by atoms with Gasteiger partial charge >= 0.3 is 17.8 Å². The van der Waals surface area contributed by atoms with E-state index < -0.39 is 30.3 Å². The Bertz CT molecular complexity index is 720. The Morgan fingerprint density at radius 2 is 1.80 bits per heavy atom. The molecule has 8 heteroatoms. The molecule has 2 rings (SSSR count). The first-order valence-electron chi connectivity index (χ1n) is 7.86. The topological polar surface area (TPSA) is 78.0 Å². The number of carbonyl (C=O) groups is 4. The van der Waals surface area contributed by atoms with Gasteiger partial charge in [-0.15, -0.1) is 0 Å². The van der Waals surface area contributed by atoms with E-state index in [1.54, 1.807) is 25.2 Å². The van der Waals surface area contributed by atoms with Gasteiger partial charge in [0.05, 0.1) is 0 Å². The van der Waals surface area contributed by atoms with E-state index >= 15 is 0 Å². The summed E-state index contributed by atoms with van der Waals surface area (Å²) in [6.45, 7) is 3.62. The summed E-state index contributed by atoms with van der Waals surface area (Å²) >= 11 is 5.91. The third-order valence-electron chi connectivity index (χ3n) is 3.71. The Hall–Kier alpha value is -2.41. The first kappa shape index (κ1) is 18.9. The Labute approximate surface area is 151 Å². The quantitative estimate of drug-likeness (QED) is 0.568. The van der Waals surface area contributed by atoms with Crippen molar-refractivity contribution in [1.82, 2.24) is 14.7 Å². The van der Waals surface area contributed by atoms with Crippen LogP contribution in [-0.4, -0.2) is 58.6 Å². The van der Waals surface area contributed by atoms with E-state index in [0.717, 1.165) is 10.5 Å². The Morgan fingerprint density at radius 1 is 1.16 bits per heavy atom. The number of hydrogen-bond acceptors (Lipinski definition) is 4. The van der Waals surface area contributed by atoms with Crippen LogP contribution in [0, 0.1) is 5.92 Å². The molecule has 1 aliphatic rings. The summed E-state index contributed by atoms with van der Waals surface area (Å²) in [5.74, 6) is -2.26. The smallest absolute Gasteiger partial charge is 0.334 e. The molecule has 0 aromatic heterocycles. The van der Waals surface area contributed by atoms with E-state index in [2.05, 4.69) is 0 Å². The maximum Gasteiger partial charge on any atom is 0.334 e. The largest absolute Gasteiger partial charge is 0.340 e. The molecule has 0 aliphatic carbocycles. The summed E-state index contributed by atoms with van der Waals surface area (Å²) in [5.41, 5.74) is 0.819. The fourth-order valence-electron chi connectivity index (χ4n) is 2.47. The number of carbonyl (C=O) groups excluding carboxylic acids is 4. The number of likely N-dealkylation sites (N-methyl/N-ethyl adjacent to an activating group) is 1. The number of rotatable bonds is 6. The summed E-state index contributed by atoms with van der Waals surface area (Å²) < 4.78 is 0. The van der Waals surface area contributed by atoms with Gasteiger partial charge in [-0.1, -0.05) is 37.6 Å². The zero-order valence-corrected chi connectivity index (χ0v) is 15.1. The molecule has 1 aliphatic heterocycles. The van der Waals surface area contributed by atoms with E-state index in [0.29, 0.717) is 9.92 Å². The maximum atomic E-state index is 12.3. The molecule has 0 radical (unpaired) electrons. The summed E-state index contributed by atoms with van der Waals surface area (Å²) in [6, 6.07) is 6.30. The fourth-order valence-corrected chi connectivity index (χ4v) is 2.68. The van der Waals surface area contributed by atoms with Gasteiger partial charge in [-0.05, 0) is 23.6 Å². The highest BCUT2D eigenvalue weighted by atomic mass is 35.5. The first-order valence-corrected chi connectivity index (χ1v) is 8.24. The van der Waals surface area contributed by atoms with E-state index in [1.165, 1.54) is 4.90 Å². The predicted molar refractivity (Wildman–Crippen MR) is 91.6 cm³/mol. The van der Waals surface area contributed by atoms with Crippen LogP contribution in [0.15, 0.2) is 24.3 Å². The molecule has 0 spiro atoms. The van der Waals surface area contributed by atoms with Gasteiger partial charge in [-0.2, -0.15) is 0 Å². The Balaban J connectivity index is 2.03. The summed E-state index contributed by atoms with van der Waals surface area (Å²) in [7, 11) is 1.56. The Kier molecular flexibility index (Phi) is 5.79. The average Bonchev–Trinajstić information content (AvgIpc) is 2.72. The number of hydrogen-bond donors (Lipinski definition) is 0. The second-order valence-corrected chi connectivity index (χ2v) is 6.80. The minimum absolute atomic E-state index is 0.0295. The van der Waals surface area contributed by atoms with Crippen LogP contribution in [0.3, 0.4) is 0 Å². The number of halogens is 1. The van der Waals surface area contributed by atoms with Crippen molar-refractivity contribution >= 4 is 35.4 Å². The molecule has 1 aromatic carbocycles. The van der Waals surface area contributed by atoms with Crippen LogP contribution in [-0.2, 0) is 20.9 Å². The number of amides is 5. The molecule has 1 fully saturated rings. The van der Waals surface area contributed by atoms with Crippen LogP contribution in [0.1, 0.15) is 19.4 Å². The van der Waals surface area contributed by atoms with Crippen molar-refractivity contribution in [2.45, 2.75) is 20.4 Å². The van der Waals surface area contributed by atoms with Crippen molar-refractivity contribution in [3.63, 3.8) is 0 Å². The molecular formula is C17H20ClN3O4. The SMILES string of the molecule is CC(C)CN1C(=O)C(=O)N(CC(=O)N(C)Cc2cccc(Cl)c2)C1=O. The van der Waals surface area contributed by atoms with Crippen molar-refractivity contribution in [2.24, 2.45) is 5.92 Å². The minimum Gasteiger partial charge on any atom is -0.340 e. The minimum atomic E-state index is -0.963. The lowest BCUT2D eigenvalue weighted by molar-refractivity contribution is -0.144. The molecule has 1 saturated heterocycles. The van der Waals surface area contributed by atoms with E-state index in [1.807, 2.05) is 19.9 Å². The van der Waals surface area contributed by atoms with Crippen molar-refractivity contribution in [1.29, 1.82) is 0 Å². The molecule has 25 heavy (non-hydrogen) atoms. The second-order valence-electron chi connectivity index (χ2n) is 6.36. The molecule has 7 nitrogen and oxygen atoms in total. The van der Waals surface area contributed by atoms with Crippen LogP contribution in [0.2, 0.25) is 5.02 Å². The van der Waals surface area contributed by atoms with Gasteiger partial charge in [0.15, 0.2) is 0 Å². The van der Waals surface area contributed by atoms with Crippen LogP contribution in [0.25, 0.3) is 0 Å². The van der Waals surface area contributed by atoms with Gasteiger partial charge in [0.2, 0.25) is 5.91 Å². The molecule has 0 atom stereocenters. The highest BCUT2D eigenvalue weighted by Gasteiger charge is 2.45. The fraction of sp³-hybridized carbons (Fsp3) is 0.412. The van der Waals surface area contributed by atoms with Crippen LogP contribution in [0.5, 0.6) is 0 Å². The lowest BCUT2D eigenvalue weighted by Crippen LogP contribution is -2.42. The van der Waals surface area contributed by atoms with Crippen LogP contribution in [0.4, 0.5) is 4.79 Å². The zero-order chi connectivity index (χ0) is 18.7. The number of imide groups is 2. The number of urea groups is 1. The number of nitrogens with zero attached hydrogens (tertiary/aromatic N) is 3. The van der Waals surface area contributed by atoms with E-state index in [-0.39, 0.29) is 19.0 Å². The standard InChI is InChI=1S/C17H20ClN3O4/c1-11(2)8-20-15(23)16(24)21(17(20)25)10-14(22)19(3)9-12-5-4-6-13(18)7-12/h4-7,11H,8-10H2,1-3H3. The van der Waals surface area contributed by atoms with Gasteiger partial charge in [-0.25, -0.2) is 9.69 Å². The zero-order valence-electron chi connectivity index (χ0n) is 14.4. The summed E-state index contributed by atoms with van der Waals surface area (Å²) in [4.78, 5) is 51.4. The lowest BCUT2D eigenvalue weighted by Gasteiger charge is -2.21. The molecule has 0 saturated carbocycles. The van der Waals surface area contributed by atoms with Gasteiger partial charge in [0.1, 0.15) is 6.54 Å². The van der Waals surface area contributed by atoms with Crippen molar-refractivity contribution in [3.8, 4) is 0 Å². The first-order chi connectivity index (χ1) is 11.7. The molecule has 0 unspecified atom stereocenters. The molecule has 1 heterocycles. The molecular weight excluding hydrogens is 346 g/mol. The Morgan fingerprint density at radius 3 is 2.40 bits per heavy atom. The monoisotopic (exact) mass is 365 g/mol. The van der Waals surface area contributed by atoms with Gasteiger partial charge < -0.3 is 4.90 Å². The highest BCUT2D eigenvalue weighted by Crippen LogP contribution is 2.15. The third-order valence-corrected chi connectivity index (χ3v) is 3.95. The van der Waals surface area contributed by atoms with Crippen molar-refractivity contribution in [3.05, 3.63) is 34.9 Å². The summed E-state index contributed by atoms with van der Waals surface area (Å²) in [5, 5.41) is 0.554.